The number of carbonyl (C=O) groups is 1. The maximum absolute atomic E-state index is 10.9. The average Bonchev–Trinajstić information content (AvgIpc) is 2.05. The lowest BCUT2D eigenvalue weighted by atomic mass is 9.96. The molecule has 0 aromatic heterocycles. The molecular weight excluding hydrogens is 130 g/mol. The first kappa shape index (κ1) is 7.69. The first-order valence-corrected chi connectivity index (χ1v) is 3.59. The van der Waals surface area contributed by atoms with E-state index in [0.717, 1.165) is 12.8 Å². The van der Waals surface area contributed by atoms with Crippen molar-refractivity contribution in [2.45, 2.75) is 12.8 Å². The SMILES string of the molecule is [NH]CC(=O)C1CCOCC1. The molecular formula is C7H12NO2. The predicted octanol–water partition coefficient (Wildman–Crippen LogP) is 0.265. The van der Waals surface area contributed by atoms with Gasteiger partial charge in [0.2, 0.25) is 0 Å². The highest BCUT2D eigenvalue weighted by atomic mass is 16.5. The molecule has 1 aliphatic heterocycles. The molecule has 0 aromatic rings. The molecule has 0 aromatic carbocycles. The molecule has 1 saturated heterocycles. The number of rotatable bonds is 2. The van der Waals surface area contributed by atoms with E-state index in [9.17, 15) is 4.79 Å². The smallest absolute Gasteiger partial charge is 0.151 e. The molecule has 10 heavy (non-hydrogen) atoms. The van der Waals surface area contributed by atoms with E-state index >= 15 is 0 Å². The first-order chi connectivity index (χ1) is 4.84. The monoisotopic (exact) mass is 142 g/mol. The molecule has 0 spiro atoms. The summed E-state index contributed by atoms with van der Waals surface area (Å²) in [5, 5.41) is 0. The molecule has 0 saturated carbocycles. The third-order valence-corrected chi connectivity index (χ3v) is 1.85. The van der Waals surface area contributed by atoms with Crippen molar-refractivity contribution < 1.29 is 9.53 Å². The summed E-state index contributed by atoms with van der Waals surface area (Å²) in [7, 11) is 0. The zero-order valence-electron chi connectivity index (χ0n) is 5.93. The Hall–Kier alpha value is -0.410. The van der Waals surface area contributed by atoms with Gasteiger partial charge in [0.1, 0.15) is 0 Å². The maximum atomic E-state index is 10.9. The molecule has 0 bridgehead atoms. The van der Waals surface area contributed by atoms with Gasteiger partial charge in [-0.1, -0.05) is 0 Å². The zero-order chi connectivity index (χ0) is 7.40. The molecule has 3 heteroatoms. The summed E-state index contributed by atoms with van der Waals surface area (Å²) in [6.07, 6.45) is 1.63. The highest BCUT2D eigenvalue weighted by Crippen LogP contribution is 2.14. The molecule has 0 amide bonds. The van der Waals surface area contributed by atoms with E-state index in [4.69, 9.17) is 10.5 Å². The van der Waals surface area contributed by atoms with Crippen LogP contribution in [-0.4, -0.2) is 25.5 Å². The lowest BCUT2D eigenvalue weighted by Gasteiger charge is -2.19. The fourth-order valence-corrected chi connectivity index (χ4v) is 1.16. The Morgan fingerprint density at radius 1 is 1.50 bits per heavy atom. The van der Waals surface area contributed by atoms with Crippen LogP contribution in [0.1, 0.15) is 12.8 Å². The second-order valence-electron chi connectivity index (χ2n) is 2.53. The normalized spacial score (nSPS) is 20.9. The highest BCUT2D eigenvalue weighted by molar-refractivity contribution is 5.82. The number of hydrogen-bond donors (Lipinski definition) is 0. The number of hydrogen-bond acceptors (Lipinski definition) is 2. The molecule has 0 atom stereocenters. The summed E-state index contributed by atoms with van der Waals surface area (Å²) in [5.41, 5.74) is 6.85. The molecule has 1 fully saturated rings. The highest BCUT2D eigenvalue weighted by Gasteiger charge is 2.19. The van der Waals surface area contributed by atoms with Crippen molar-refractivity contribution in [2.24, 2.45) is 5.92 Å². The summed E-state index contributed by atoms with van der Waals surface area (Å²) in [5.74, 6) is 0.189. The van der Waals surface area contributed by atoms with E-state index in [1.165, 1.54) is 0 Å². The quantitative estimate of drug-likeness (QED) is 0.555. The van der Waals surface area contributed by atoms with Crippen molar-refractivity contribution in [3.63, 3.8) is 0 Å². The zero-order valence-corrected chi connectivity index (χ0v) is 5.93. The van der Waals surface area contributed by atoms with Gasteiger partial charge >= 0.3 is 0 Å². The van der Waals surface area contributed by atoms with Gasteiger partial charge in [0.15, 0.2) is 5.78 Å². The summed E-state index contributed by atoms with van der Waals surface area (Å²) in [6.45, 7) is 1.32. The standard InChI is InChI=1S/C7H12NO2/c8-5-7(9)6-1-3-10-4-2-6/h6,8H,1-5H2. The number of Topliss-reactive ketones (excluding diaryl/α,β-unsaturated/α-hetero) is 1. The lowest BCUT2D eigenvalue weighted by Crippen LogP contribution is -2.25. The van der Waals surface area contributed by atoms with Gasteiger partial charge in [0, 0.05) is 19.1 Å². The summed E-state index contributed by atoms with van der Waals surface area (Å²) >= 11 is 0. The summed E-state index contributed by atoms with van der Waals surface area (Å²) in [6, 6.07) is 0. The fourth-order valence-electron chi connectivity index (χ4n) is 1.16. The van der Waals surface area contributed by atoms with Crippen LogP contribution in [0.4, 0.5) is 0 Å². The molecule has 0 aliphatic carbocycles. The van der Waals surface area contributed by atoms with Gasteiger partial charge in [-0.3, -0.25) is 4.79 Å². The van der Waals surface area contributed by atoms with Crippen molar-refractivity contribution in [1.29, 1.82) is 0 Å². The summed E-state index contributed by atoms with van der Waals surface area (Å²) in [4.78, 5) is 10.9. The topological polar surface area (TPSA) is 50.1 Å². The van der Waals surface area contributed by atoms with Gasteiger partial charge in [0.05, 0.1) is 6.54 Å². The number of nitrogens with one attached hydrogen (secondary N) is 1. The Labute approximate surface area is 60.5 Å². The minimum atomic E-state index is -0.0648. The van der Waals surface area contributed by atoms with Crippen LogP contribution < -0.4 is 5.73 Å². The van der Waals surface area contributed by atoms with Gasteiger partial charge in [-0.05, 0) is 12.8 Å². The number of ether oxygens (including phenoxy) is 1. The van der Waals surface area contributed by atoms with Gasteiger partial charge in [-0.25, -0.2) is 5.73 Å². The van der Waals surface area contributed by atoms with Gasteiger partial charge in [-0.15, -0.1) is 0 Å². The van der Waals surface area contributed by atoms with E-state index in [2.05, 4.69) is 0 Å². The minimum absolute atomic E-state index is 0.0648. The van der Waals surface area contributed by atoms with E-state index < -0.39 is 0 Å². The fraction of sp³-hybridized carbons (Fsp3) is 0.857. The van der Waals surface area contributed by atoms with Crippen LogP contribution in [0, 0.1) is 5.92 Å². The van der Waals surface area contributed by atoms with E-state index in [-0.39, 0.29) is 18.2 Å². The number of ketones is 1. The Bertz CT molecular complexity index is 119. The van der Waals surface area contributed by atoms with Crippen LogP contribution in [0.3, 0.4) is 0 Å². The van der Waals surface area contributed by atoms with Crippen molar-refractivity contribution in [1.82, 2.24) is 5.73 Å². The van der Waals surface area contributed by atoms with Gasteiger partial charge < -0.3 is 4.74 Å². The third kappa shape index (κ3) is 1.78. The second-order valence-corrected chi connectivity index (χ2v) is 2.53. The summed E-state index contributed by atoms with van der Waals surface area (Å²) < 4.78 is 5.08. The Kier molecular flexibility index (Phi) is 2.83. The first-order valence-electron chi connectivity index (χ1n) is 3.59. The van der Waals surface area contributed by atoms with Gasteiger partial charge in [-0.2, -0.15) is 0 Å². The third-order valence-electron chi connectivity index (χ3n) is 1.85. The molecule has 1 heterocycles. The molecule has 1 rings (SSSR count). The Morgan fingerprint density at radius 2 is 2.10 bits per heavy atom. The van der Waals surface area contributed by atoms with E-state index in [1.807, 2.05) is 0 Å². The van der Waals surface area contributed by atoms with E-state index in [1.54, 1.807) is 0 Å². The largest absolute Gasteiger partial charge is 0.381 e. The van der Waals surface area contributed by atoms with Crippen LogP contribution >= 0.6 is 0 Å². The molecule has 1 N–H and O–H groups in total. The van der Waals surface area contributed by atoms with Crippen molar-refractivity contribution in [2.75, 3.05) is 19.8 Å². The van der Waals surface area contributed by atoms with Crippen molar-refractivity contribution in [3.8, 4) is 0 Å². The predicted molar refractivity (Wildman–Crippen MR) is 36.5 cm³/mol. The molecule has 1 radical (unpaired) electrons. The molecule has 57 valence electrons. The van der Waals surface area contributed by atoms with Crippen molar-refractivity contribution in [3.05, 3.63) is 0 Å². The van der Waals surface area contributed by atoms with Crippen LogP contribution in [0.5, 0.6) is 0 Å². The van der Waals surface area contributed by atoms with Gasteiger partial charge in [0.25, 0.3) is 0 Å². The average molecular weight is 142 g/mol. The van der Waals surface area contributed by atoms with Crippen LogP contribution in [0.15, 0.2) is 0 Å². The van der Waals surface area contributed by atoms with Crippen LogP contribution in [-0.2, 0) is 9.53 Å². The number of carbonyl (C=O) groups excluding carboxylic acids is 1. The molecule has 3 nitrogen and oxygen atoms in total. The molecule has 0 unspecified atom stereocenters. The second kappa shape index (κ2) is 3.68. The minimum Gasteiger partial charge on any atom is -0.381 e. The maximum Gasteiger partial charge on any atom is 0.151 e. The Morgan fingerprint density at radius 3 is 2.60 bits per heavy atom. The van der Waals surface area contributed by atoms with Crippen LogP contribution in [0.2, 0.25) is 0 Å². The lowest BCUT2D eigenvalue weighted by molar-refractivity contribution is -0.124. The molecule has 1 aliphatic rings. The van der Waals surface area contributed by atoms with Crippen molar-refractivity contribution >= 4 is 5.78 Å². The van der Waals surface area contributed by atoms with Crippen LogP contribution in [0.25, 0.3) is 0 Å². The van der Waals surface area contributed by atoms with E-state index in [0.29, 0.717) is 13.2 Å². The Balaban J connectivity index is 2.31.